The van der Waals surface area contributed by atoms with Crippen LogP contribution in [0.2, 0.25) is 0 Å². The summed E-state index contributed by atoms with van der Waals surface area (Å²) in [6, 6.07) is 9.82. The Hall–Kier alpha value is -2.42. The van der Waals surface area contributed by atoms with Gasteiger partial charge in [0.1, 0.15) is 0 Å². The van der Waals surface area contributed by atoms with E-state index in [9.17, 15) is 0 Å². The van der Waals surface area contributed by atoms with Crippen LogP contribution in [-0.4, -0.2) is 35.1 Å². The predicted octanol–water partition coefficient (Wildman–Crippen LogP) is 2.31. The van der Waals surface area contributed by atoms with Gasteiger partial charge in [-0.1, -0.05) is 49.2 Å². The zero-order valence-electron chi connectivity index (χ0n) is 13.8. The van der Waals surface area contributed by atoms with Crippen LogP contribution in [0.25, 0.3) is 5.69 Å². The molecule has 1 aliphatic carbocycles. The molecule has 4 rings (SSSR count). The number of rotatable bonds is 5. The fourth-order valence-electron chi connectivity index (χ4n) is 3.22. The number of hydrogen-bond acceptors (Lipinski definition) is 7. The zero-order chi connectivity index (χ0) is 17.1. The molecule has 0 spiro atoms. The minimum absolute atomic E-state index is 0.426. The molecule has 2 aromatic heterocycles. The number of hydrogen-bond donors (Lipinski definition) is 1. The summed E-state index contributed by atoms with van der Waals surface area (Å²) in [6.07, 6.45) is 6.08. The summed E-state index contributed by atoms with van der Waals surface area (Å²) in [7, 11) is 0. The Balaban J connectivity index is 1.48. The number of nitrogens with two attached hydrogens (primary N) is 1. The molecule has 1 aliphatic rings. The Morgan fingerprint density at radius 3 is 2.64 bits per heavy atom. The molecule has 2 heterocycles. The van der Waals surface area contributed by atoms with E-state index in [0.29, 0.717) is 16.8 Å². The lowest BCUT2D eigenvalue weighted by Gasteiger charge is -2.20. The van der Waals surface area contributed by atoms with Crippen LogP contribution >= 0.6 is 11.8 Å². The fraction of sp³-hybridized carbons (Fsp3) is 0.438. The van der Waals surface area contributed by atoms with Gasteiger partial charge in [0.2, 0.25) is 5.16 Å². The number of nitrogens with zero attached hydrogens (tertiary/aromatic N) is 7. The summed E-state index contributed by atoms with van der Waals surface area (Å²) >= 11 is 1.50. The van der Waals surface area contributed by atoms with E-state index in [0.717, 1.165) is 30.2 Å². The number of para-hydroxylation sites is 1. The third kappa shape index (κ3) is 3.37. The molecule has 1 fully saturated rings. The minimum Gasteiger partial charge on any atom is -0.336 e. The van der Waals surface area contributed by atoms with Gasteiger partial charge < -0.3 is 5.84 Å². The maximum absolute atomic E-state index is 6.24. The van der Waals surface area contributed by atoms with Crippen molar-refractivity contribution in [1.82, 2.24) is 35.1 Å². The molecule has 9 heteroatoms. The first kappa shape index (κ1) is 16.1. The molecule has 0 bridgehead atoms. The molecular weight excluding hydrogens is 336 g/mol. The van der Waals surface area contributed by atoms with Gasteiger partial charge in [-0.2, -0.15) is 4.68 Å². The highest BCUT2D eigenvalue weighted by atomic mass is 32.2. The lowest BCUT2D eigenvalue weighted by Crippen LogP contribution is -2.18. The predicted molar refractivity (Wildman–Crippen MR) is 94.7 cm³/mol. The molecule has 0 atom stereocenters. The largest absolute Gasteiger partial charge is 0.336 e. The summed E-state index contributed by atoms with van der Waals surface area (Å²) in [6.45, 7) is 0. The van der Waals surface area contributed by atoms with E-state index in [1.165, 1.54) is 31.0 Å². The first-order chi connectivity index (χ1) is 12.3. The smallest absolute Gasteiger partial charge is 0.210 e. The maximum Gasteiger partial charge on any atom is 0.210 e. The average molecular weight is 356 g/mol. The molecular formula is C16H20N8S. The Morgan fingerprint density at radius 2 is 1.84 bits per heavy atom. The minimum atomic E-state index is 0.426. The molecule has 0 unspecified atom stereocenters. The molecule has 0 saturated heterocycles. The first-order valence-corrected chi connectivity index (χ1v) is 9.47. The van der Waals surface area contributed by atoms with Crippen LogP contribution in [0.5, 0.6) is 0 Å². The number of thioether (sulfide) groups is 1. The molecule has 8 nitrogen and oxygen atoms in total. The van der Waals surface area contributed by atoms with Crippen molar-refractivity contribution in [2.45, 2.75) is 48.9 Å². The van der Waals surface area contributed by atoms with Crippen molar-refractivity contribution < 1.29 is 0 Å². The van der Waals surface area contributed by atoms with Gasteiger partial charge in [0.15, 0.2) is 11.6 Å². The highest BCUT2D eigenvalue weighted by molar-refractivity contribution is 7.98. The van der Waals surface area contributed by atoms with Gasteiger partial charge in [0, 0.05) is 5.92 Å². The Labute approximate surface area is 149 Å². The zero-order valence-corrected chi connectivity index (χ0v) is 14.6. The number of tetrazole rings is 1. The van der Waals surface area contributed by atoms with Gasteiger partial charge in [-0.05, 0) is 35.4 Å². The van der Waals surface area contributed by atoms with E-state index in [1.54, 1.807) is 9.36 Å². The highest BCUT2D eigenvalue weighted by Gasteiger charge is 2.23. The van der Waals surface area contributed by atoms with Gasteiger partial charge >= 0.3 is 0 Å². The van der Waals surface area contributed by atoms with Gasteiger partial charge in [-0.25, -0.2) is 4.68 Å². The summed E-state index contributed by atoms with van der Waals surface area (Å²) < 4.78 is 3.36. The fourth-order valence-corrected chi connectivity index (χ4v) is 3.99. The van der Waals surface area contributed by atoms with Crippen LogP contribution in [0.15, 0.2) is 35.5 Å². The standard InChI is InChI=1S/C16H20N8S/c17-23-15(12-7-3-1-4-8-12)19-20-16(23)25-11-14-18-21-22-24(14)13-9-5-2-6-10-13/h2,5-6,9-10,12H,1,3-4,7-8,11,17H2. The van der Waals surface area contributed by atoms with Crippen molar-refractivity contribution in [3.05, 3.63) is 42.0 Å². The SMILES string of the molecule is Nn1c(SCc2nnnn2-c2ccccc2)nnc1C1CCCCC1. The second-order valence-corrected chi connectivity index (χ2v) is 7.12. The summed E-state index contributed by atoms with van der Waals surface area (Å²) in [5.41, 5.74) is 0.931. The van der Waals surface area contributed by atoms with Crippen molar-refractivity contribution in [1.29, 1.82) is 0 Å². The summed E-state index contributed by atoms with van der Waals surface area (Å²) in [5.74, 6) is 8.87. The van der Waals surface area contributed by atoms with Crippen LogP contribution in [0.1, 0.15) is 49.7 Å². The van der Waals surface area contributed by atoms with Crippen molar-refractivity contribution >= 4 is 11.8 Å². The quantitative estimate of drug-likeness (QED) is 0.553. The topological polar surface area (TPSA) is 100 Å². The lowest BCUT2D eigenvalue weighted by molar-refractivity contribution is 0.421. The van der Waals surface area contributed by atoms with E-state index in [1.807, 2.05) is 30.3 Å². The third-order valence-corrected chi connectivity index (χ3v) is 5.47. The van der Waals surface area contributed by atoms with E-state index >= 15 is 0 Å². The van der Waals surface area contributed by atoms with Crippen LogP contribution < -0.4 is 5.84 Å². The molecule has 0 aliphatic heterocycles. The molecule has 0 amide bonds. The van der Waals surface area contributed by atoms with E-state index < -0.39 is 0 Å². The number of benzene rings is 1. The Morgan fingerprint density at radius 1 is 1.04 bits per heavy atom. The molecule has 25 heavy (non-hydrogen) atoms. The summed E-state index contributed by atoms with van der Waals surface area (Å²) in [4.78, 5) is 0. The van der Waals surface area contributed by atoms with Crippen LogP contribution in [0.3, 0.4) is 0 Å². The monoisotopic (exact) mass is 356 g/mol. The normalized spacial score (nSPS) is 15.5. The number of aromatic nitrogens is 7. The Bertz CT molecular complexity index is 822. The molecule has 1 aromatic carbocycles. The van der Waals surface area contributed by atoms with E-state index in [2.05, 4.69) is 25.7 Å². The molecule has 1 saturated carbocycles. The average Bonchev–Trinajstić information content (AvgIpc) is 3.28. The number of nitrogen functional groups attached to an aromatic ring is 1. The van der Waals surface area contributed by atoms with Gasteiger partial charge in [-0.3, -0.25) is 0 Å². The molecule has 2 N–H and O–H groups in total. The van der Waals surface area contributed by atoms with E-state index in [-0.39, 0.29) is 0 Å². The van der Waals surface area contributed by atoms with Crippen molar-refractivity contribution in [2.24, 2.45) is 0 Å². The van der Waals surface area contributed by atoms with Gasteiger partial charge in [0.05, 0.1) is 11.4 Å². The lowest BCUT2D eigenvalue weighted by atomic mass is 9.89. The molecule has 0 radical (unpaired) electrons. The maximum atomic E-state index is 6.24. The van der Waals surface area contributed by atoms with Crippen LogP contribution in [0.4, 0.5) is 0 Å². The van der Waals surface area contributed by atoms with E-state index in [4.69, 9.17) is 5.84 Å². The highest BCUT2D eigenvalue weighted by Crippen LogP contribution is 2.32. The first-order valence-electron chi connectivity index (χ1n) is 8.49. The second kappa shape index (κ2) is 7.22. The van der Waals surface area contributed by atoms with Crippen LogP contribution in [-0.2, 0) is 5.75 Å². The Kier molecular flexibility index (Phi) is 4.64. The van der Waals surface area contributed by atoms with Crippen molar-refractivity contribution in [3.63, 3.8) is 0 Å². The molecule has 3 aromatic rings. The summed E-state index contributed by atoms with van der Waals surface area (Å²) in [5, 5.41) is 21.3. The second-order valence-electron chi connectivity index (χ2n) is 6.18. The van der Waals surface area contributed by atoms with Crippen molar-refractivity contribution in [2.75, 3.05) is 5.84 Å². The van der Waals surface area contributed by atoms with Gasteiger partial charge in [-0.15, -0.1) is 15.3 Å². The van der Waals surface area contributed by atoms with Gasteiger partial charge in [0.25, 0.3) is 0 Å². The molecule has 130 valence electrons. The van der Waals surface area contributed by atoms with Crippen molar-refractivity contribution in [3.8, 4) is 5.69 Å². The van der Waals surface area contributed by atoms with Crippen LogP contribution in [0, 0.1) is 0 Å². The third-order valence-electron chi connectivity index (χ3n) is 4.53.